The summed E-state index contributed by atoms with van der Waals surface area (Å²) in [6.45, 7) is 9.09. The Morgan fingerprint density at radius 3 is 2.39 bits per heavy atom. The van der Waals surface area contributed by atoms with Crippen LogP contribution in [-0.2, 0) is 6.42 Å². The summed E-state index contributed by atoms with van der Waals surface area (Å²) in [5.41, 5.74) is 6.52. The van der Waals surface area contributed by atoms with Crippen molar-refractivity contribution in [3.63, 3.8) is 0 Å². The fraction of sp³-hybridized carbons (Fsp3) is 0.320. The van der Waals surface area contributed by atoms with E-state index in [0.717, 1.165) is 47.8 Å². The van der Waals surface area contributed by atoms with Gasteiger partial charge in [-0.2, -0.15) is 0 Å². The Bertz CT molecular complexity index is 1060. The normalized spacial score (nSPS) is 13.9. The standard InChI is InChI=1S/C25H29N5O/c1-4-20-7-5-6-8-22(20)26-25(31)30-15-13-29(14-16-30)24-12-11-23(27-28-24)21-10-9-18(2)19(3)17-21/h5-12,17H,4,13-16H2,1-3H3,(H,26,31). The Balaban J connectivity index is 1.36. The lowest BCUT2D eigenvalue weighted by molar-refractivity contribution is 0.208. The van der Waals surface area contributed by atoms with Crippen LogP contribution in [0.5, 0.6) is 0 Å². The number of aryl methyl sites for hydroxylation is 3. The zero-order valence-electron chi connectivity index (χ0n) is 18.4. The van der Waals surface area contributed by atoms with Gasteiger partial charge in [-0.25, -0.2) is 4.79 Å². The number of nitrogens with one attached hydrogen (secondary N) is 1. The molecule has 31 heavy (non-hydrogen) atoms. The second-order valence-electron chi connectivity index (χ2n) is 7.99. The zero-order valence-corrected chi connectivity index (χ0v) is 18.4. The van der Waals surface area contributed by atoms with Gasteiger partial charge in [0.2, 0.25) is 0 Å². The number of urea groups is 1. The first-order valence-electron chi connectivity index (χ1n) is 10.9. The summed E-state index contributed by atoms with van der Waals surface area (Å²) in [4.78, 5) is 16.7. The molecule has 6 nitrogen and oxygen atoms in total. The smallest absolute Gasteiger partial charge is 0.321 e. The Morgan fingerprint density at radius 1 is 0.935 bits per heavy atom. The van der Waals surface area contributed by atoms with Gasteiger partial charge in [0.25, 0.3) is 0 Å². The lowest BCUT2D eigenvalue weighted by Gasteiger charge is -2.35. The highest BCUT2D eigenvalue weighted by atomic mass is 16.2. The van der Waals surface area contributed by atoms with E-state index >= 15 is 0 Å². The average Bonchev–Trinajstić information content (AvgIpc) is 2.81. The van der Waals surface area contributed by atoms with Crippen molar-refractivity contribution in [2.24, 2.45) is 0 Å². The average molecular weight is 416 g/mol. The summed E-state index contributed by atoms with van der Waals surface area (Å²) in [5, 5.41) is 11.9. The number of nitrogens with zero attached hydrogens (tertiary/aromatic N) is 4. The number of piperazine rings is 1. The number of carbonyl (C=O) groups excluding carboxylic acids is 1. The molecule has 0 unspecified atom stereocenters. The number of hydrogen-bond acceptors (Lipinski definition) is 4. The first-order chi connectivity index (χ1) is 15.0. The summed E-state index contributed by atoms with van der Waals surface area (Å²) in [7, 11) is 0. The molecule has 2 amide bonds. The maximum absolute atomic E-state index is 12.7. The molecule has 1 fully saturated rings. The highest BCUT2D eigenvalue weighted by molar-refractivity contribution is 5.90. The quantitative estimate of drug-likeness (QED) is 0.672. The van der Waals surface area contributed by atoms with Crippen LogP contribution in [-0.4, -0.2) is 47.3 Å². The molecular weight excluding hydrogens is 386 g/mol. The molecule has 0 aliphatic carbocycles. The minimum atomic E-state index is -0.0447. The first-order valence-corrected chi connectivity index (χ1v) is 10.9. The van der Waals surface area contributed by atoms with Crippen LogP contribution in [0.1, 0.15) is 23.6 Å². The molecule has 3 aromatic rings. The zero-order chi connectivity index (χ0) is 21.8. The number of benzene rings is 2. The fourth-order valence-corrected chi connectivity index (χ4v) is 3.83. The van der Waals surface area contributed by atoms with E-state index in [0.29, 0.717) is 13.1 Å². The van der Waals surface area contributed by atoms with Gasteiger partial charge >= 0.3 is 6.03 Å². The molecular formula is C25H29N5O. The lowest BCUT2D eigenvalue weighted by Crippen LogP contribution is -2.50. The molecule has 6 heteroatoms. The van der Waals surface area contributed by atoms with Crippen molar-refractivity contribution < 1.29 is 4.79 Å². The van der Waals surface area contributed by atoms with Crippen LogP contribution in [0.15, 0.2) is 54.6 Å². The second-order valence-corrected chi connectivity index (χ2v) is 7.99. The molecule has 4 rings (SSSR count). The van der Waals surface area contributed by atoms with Gasteiger partial charge in [0.1, 0.15) is 0 Å². The highest BCUT2D eigenvalue weighted by Gasteiger charge is 2.22. The van der Waals surface area contributed by atoms with E-state index in [2.05, 4.69) is 59.4 Å². The summed E-state index contributed by atoms with van der Waals surface area (Å²) in [6, 6.07) is 18.3. The van der Waals surface area contributed by atoms with Gasteiger partial charge in [-0.05, 0) is 61.2 Å². The Morgan fingerprint density at radius 2 is 1.71 bits per heavy atom. The summed E-state index contributed by atoms with van der Waals surface area (Å²) >= 11 is 0. The van der Waals surface area contributed by atoms with Crippen molar-refractivity contribution in [1.29, 1.82) is 0 Å². The minimum absolute atomic E-state index is 0.0447. The van der Waals surface area contributed by atoms with Crippen LogP contribution >= 0.6 is 0 Å². The van der Waals surface area contributed by atoms with E-state index in [1.165, 1.54) is 11.1 Å². The van der Waals surface area contributed by atoms with Crippen molar-refractivity contribution in [1.82, 2.24) is 15.1 Å². The molecule has 1 aliphatic heterocycles. The number of anilines is 2. The van der Waals surface area contributed by atoms with Crippen LogP contribution in [0, 0.1) is 13.8 Å². The number of amides is 2. The molecule has 2 heterocycles. The van der Waals surface area contributed by atoms with Crippen molar-refractivity contribution in [2.75, 3.05) is 36.4 Å². The lowest BCUT2D eigenvalue weighted by atomic mass is 10.0. The Hall–Kier alpha value is -3.41. The topological polar surface area (TPSA) is 61.4 Å². The maximum atomic E-state index is 12.7. The number of rotatable bonds is 4. The van der Waals surface area contributed by atoms with Gasteiger partial charge in [-0.15, -0.1) is 10.2 Å². The largest absolute Gasteiger partial charge is 0.352 e. The van der Waals surface area contributed by atoms with Crippen LogP contribution in [0.2, 0.25) is 0 Å². The van der Waals surface area contributed by atoms with Crippen LogP contribution in [0.3, 0.4) is 0 Å². The SMILES string of the molecule is CCc1ccccc1NC(=O)N1CCN(c2ccc(-c3ccc(C)c(C)c3)nn2)CC1. The van der Waals surface area contributed by atoms with Crippen molar-refractivity contribution >= 4 is 17.5 Å². The Kier molecular flexibility index (Phi) is 6.16. The first kappa shape index (κ1) is 20.8. The monoisotopic (exact) mass is 415 g/mol. The molecule has 2 aromatic carbocycles. The molecule has 0 bridgehead atoms. The third kappa shape index (κ3) is 4.68. The summed E-state index contributed by atoms with van der Waals surface area (Å²) in [6.07, 6.45) is 0.890. The van der Waals surface area contributed by atoms with E-state index in [1.54, 1.807) is 0 Å². The van der Waals surface area contributed by atoms with E-state index in [4.69, 9.17) is 0 Å². The number of carbonyl (C=O) groups is 1. The molecule has 1 N–H and O–H groups in total. The molecule has 0 radical (unpaired) electrons. The second kappa shape index (κ2) is 9.16. The molecule has 1 saturated heterocycles. The third-order valence-electron chi connectivity index (χ3n) is 5.98. The van der Waals surface area contributed by atoms with Crippen LogP contribution in [0.25, 0.3) is 11.3 Å². The van der Waals surface area contributed by atoms with E-state index < -0.39 is 0 Å². The molecule has 0 saturated carbocycles. The number of aromatic nitrogens is 2. The fourth-order valence-electron chi connectivity index (χ4n) is 3.83. The highest BCUT2D eigenvalue weighted by Crippen LogP contribution is 2.22. The van der Waals surface area contributed by atoms with Gasteiger partial charge in [0, 0.05) is 37.4 Å². The van der Waals surface area contributed by atoms with Crippen molar-refractivity contribution in [2.45, 2.75) is 27.2 Å². The van der Waals surface area contributed by atoms with E-state index in [9.17, 15) is 4.79 Å². The van der Waals surface area contributed by atoms with Crippen LogP contribution in [0.4, 0.5) is 16.3 Å². The predicted octanol–water partition coefficient (Wildman–Crippen LogP) is 4.68. The van der Waals surface area contributed by atoms with Gasteiger partial charge in [0.15, 0.2) is 5.82 Å². The van der Waals surface area contributed by atoms with Crippen molar-refractivity contribution in [3.8, 4) is 11.3 Å². The molecule has 1 aromatic heterocycles. The van der Waals surface area contributed by atoms with Gasteiger partial charge < -0.3 is 15.1 Å². The predicted molar refractivity (Wildman–Crippen MR) is 126 cm³/mol. The molecule has 0 spiro atoms. The molecule has 160 valence electrons. The molecule has 1 aliphatic rings. The van der Waals surface area contributed by atoms with Gasteiger partial charge in [-0.1, -0.05) is 37.3 Å². The summed E-state index contributed by atoms with van der Waals surface area (Å²) < 4.78 is 0. The van der Waals surface area contributed by atoms with Gasteiger partial charge in [-0.3, -0.25) is 0 Å². The minimum Gasteiger partial charge on any atom is -0.352 e. The number of para-hydroxylation sites is 1. The maximum Gasteiger partial charge on any atom is 0.321 e. The molecule has 0 atom stereocenters. The Labute approximate surface area is 183 Å². The third-order valence-corrected chi connectivity index (χ3v) is 5.98. The van der Waals surface area contributed by atoms with Crippen LogP contribution < -0.4 is 10.2 Å². The van der Waals surface area contributed by atoms with Gasteiger partial charge in [0.05, 0.1) is 5.69 Å². The van der Waals surface area contributed by atoms with E-state index in [-0.39, 0.29) is 6.03 Å². The number of hydrogen-bond donors (Lipinski definition) is 1. The van der Waals surface area contributed by atoms with E-state index in [1.807, 2.05) is 41.3 Å². The van der Waals surface area contributed by atoms with Crippen molar-refractivity contribution in [3.05, 3.63) is 71.3 Å². The summed E-state index contributed by atoms with van der Waals surface area (Å²) in [5.74, 6) is 0.851.